The summed E-state index contributed by atoms with van der Waals surface area (Å²) in [6.07, 6.45) is 11.0. The van der Waals surface area contributed by atoms with E-state index < -0.39 is 5.97 Å². The molecule has 0 heterocycles. The Labute approximate surface area is 138 Å². The van der Waals surface area contributed by atoms with E-state index in [1.165, 1.54) is 19.3 Å². The zero-order chi connectivity index (χ0) is 16.9. The maximum absolute atomic E-state index is 11.2. The predicted molar refractivity (Wildman–Crippen MR) is 92.6 cm³/mol. The highest BCUT2D eigenvalue weighted by atomic mass is 16.4. The molecular formula is C20H26O3. The first-order chi connectivity index (χ1) is 11.0. The molecule has 2 atom stereocenters. The largest absolute Gasteiger partial charge is 0.508 e. The number of hydrogen-bond acceptors (Lipinski definition) is 2. The number of phenols is 1. The van der Waals surface area contributed by atoms with Crippen molar-refractivity contribution in [1.29, 1.82) is 0 Å². The summed E-state index contributed by atoms with van der Waals surface area (Å²) in [5.74, 6) is -0.218. The number of aromatic hydroxyl groups is 1. The van der Waals surface area contributed by atoms with Crippen LogP contribution in [0, 0.1) is 5.92 Å². The van der Waals surface area contributed by atoms with Gasteiger partial charge in [0.25, 0.3) is 0 Å². The van der Waals surface area contributed by atoms with Crippen molar-refractivity contribution in [3.8, 4) is 5.75 Å². The van der Waals surface area contributed by atoms with Gasteiger partial charge in [0.2, 0.25) is 0 Å². The molecule has 1 aliphatic carbocycles. The Hall–Kier alpha value is -2.03. The van der Waals surface area contributed by atoms with Gasteiger partial charge in [0.15, 0.2) is 0 Å². The quantitative estimate of drug-likeness (QED) is 0.710. The Kier molecular flexibility index (Phi) is 5.64. The molecule has 1 aliphatic rings. The average molecular weight is 314 g/mol. The Morgan fingerprint density at radius 2 is 1.96 bits per heavy atom. The molecular weight excluding hydrogens is 288 g/mol. The zero-order valence-electron chi connectivity index (χ0n) is 14.0. The second-order valence-electron chi connectivity index (χ2n) is 6.49. The minimum Gasteiger partial charge on any atom is -0.508 e. The van der Waals surface area contributed by atoms with Crippen molar-refractivity contribution in [3.05, 3.63) is 53.6 Å². The number of phenolic OH excluding ortho intramolecular Hbond substituents is 1. The Morgan fingerprint density at radius 3 is 2.48 bits per heavy atom. The first-order valence-electron chi connectivity index (χ1n) is 8.42. The van der Waals surface area contributed by atoms with Crippen LogP contribution in [0.2, 0.25) is 0 Å². The van der Waals surface area contributed by atoms with Crippen molar-refractivity contribution >= 4 is 5.97 Å². The van der Waals surface area contributed by atoms with Gasteiger partial charge in [-0.15, -0.1) is 0 Å². The molecule has 0 saturated carbocycles. The first kappa shape index (κ1) is 17.3. The molecule has 0 radical (unpaired) electrons. The van der Waals surface area contributed by atoms with Gasteiger partial charge in [-0.2, -0.15) is 0 Å². The van der Waals surface area contributed by atoms with Crippen LogP contribution in [0.5, 0.6) is 5.75 Å². The van der Waals surface area contributed by atoms with Crippen LogP contribution in [-0.4, -0.2) is 16.2 Å². The molecule has 2 N–H and O–H groups in total. The van der Waals surface area contributed by atoms with E-state index in [0.29, 0.717) is 17.9 Å². The Morgan fingerprint density at radius 1 is 1.26 bits per heavy atom. The van der Waals surface area contributed by atoms with Crippen LogP contribution in [0.3, 0.4) is 0 Å². The maximum atomic E-state index is 11.2. The van der Waals surface area contributed by atoms with Crippen LogP contribution in [0.15, 0.2) is 48.1 Å². The molecule has 1 unspecified atom stereocenters. The molecule has 23 heavy (non-hydrogen) atoms. The molecule has 0 aromatic heterocycles. The number of carbonyl (C=O) groups is 1. The summed E-state index contributed by atoms with van der Waals surface area (Å²) in [5, 5.41) is 18.7. The topological polar surface area (TPSA) is 57.5 Å². The van der Waals surface area contributed by atoms with Gasteiger partial charge in [0.1, 0.15) is 5.75 Å². The van der Waals surface area contributed by atoms with Gasteiger partial charge in [0, 0.05) is 5.41 Å². The van der Waals surface area contributed by atoms with Crippen molar-refractivity contribution in [2.45, 2.75) is 51.4 Å². The number of rotatable bonds is 7. The third kappa shape index (κ3) is 3.84. The van der Waals surface area contributed by atoms with Gasteiger partial charge in [-0.25, -0.2) is 4.79 Å². The van der Waals surface area contributed by atoms with Crippen molar-refractivity contribution < 1.29 is 15.0 Å². The second kappa shape index (κ2) is 7.49. The van der Waals surface area contributed by atoms with Crippen LogP contribution in [-0.2, 0) is 10.2 Å². The van der Waals surface area contributed by atoms with Crippen molar-refractivity contribution in [2.75, 3.05) is 0 Å². The number of benzene rings is 1. The summed E-state index contributed by atoms with van der Waals surface area (Å²) in [7, 11) is 0. The molecule has 0 amide bonds. The molecule has 124 valence electrons. The van der Waals surface area contributed by atoms with E-state index in [0.717, 1.165) is 12.0 Å². The zero-order valence-corrected chi connectivity index (χ0v) is 14.0. The van der Waals surface area contributed by atoms with Gasteiger partial charge in [0.05, 0.1) is 5.57 Å². The van der Waals surface area contributed by atoms with E-state index in [1.54, 1.807) is 18.2 Å². The van der Waals surface area contributed by atoms with E-state index in [2.05, 4.69) is 19.9 Å². The van der Waals surface area contributed by atoms with Gasteiger partial charge in [-0.1, -0.05) is 63.5 Å². The highest BCUT2D eigenvalue weighted by Gasteiger charge is 2.36. The minimum absolute atomic E-state index is 0.194. The fourth-order valence-electron chi connectivity index (χ4n) is 3.41. The smallest absolute Gasteiger partial charge is 0.335 e. The molecule has 1 aromatic carbocycles. The molecule has 3 heteroatoms. The lowest BCUT2D eigenvalue weighted by molar-refractivity contribution is -0.132. The third-order valence-corrected chi connectivity index (χ3v) is 4.99. The average Bonchev–Trinajstić information content (AvgIpc) is 2.55. The normalized spacial score (nSPS) is 21.7. The second-order valence-corrected chi connectivity index (χ2v) is 6.49. The Balaban J connectivity index is 2.31. The number of hydrogen-bond donors (Lipinski definition) is 2. The van der Waals surface area contributed by atoms with E-state index in [-0.39, 0.29) is 11.2 Å². The summed E-state index contributed by atoms with van der Waals surface area (Å²) >= 11 is 0. The fraction of sp³-hybridized carbons (Fsp3) is 0.450. The predicted octanol–water partition coefficient (Wildman–Crippen LogP) is 4.82. The lowest BCUT2D eigenvalue weighted by Gasteiger charge is -2.38. The summed E-state index contributed by atoms with van der Waals surface area (Å²) in [6, 6.07) is 7.32. The molecule has 0 aliphatic heterocycles. The van der Waals surface area contributed by atoms with Crippen LogP contribution in [0.4, 0.5) is 0 Å². The number of carboxylic acids is 1. The standard InChI is InChI=1S/C20H26O3/c1-3-4-5-6-15(2)20(17-7-9-18(21)10-8-17)13-11-16(12-14-20)19(22)23/h7-13,15,21H,3-6,14H2,1-2H3,(H,22,23)/t15?,20-/m1/s1. The Bertz CT molecular complexity index is 598. The van der Waals surface area contributed by atoms with Crippen LogP contribution in [0.25, 0.3) is 0 Å². The number of aliphatic carboxylic acids is 1. The minimum atomic E-state index is -0.876. The maximum Gasteiger partial charge on any atom is 0.335 e. The first-order valence-corrected chi connectivity index (χ1v) is 8.42. The molecule has 0 fully saturated rings. The van der Waals surface area contributed by atoms with Crippen LogP contribution < -0.4 is 0 Å². The molecule has 3 nitrogen and oxygen atoms in total. The SMILES string of the molecule is CCCCCC(C)[C@@]1(c2ccc(O)cc2)C=CC(C(=O)O)=CC1. The number of allylic oxidation sites excluding steroid dienone is 2. The molecule has 0 bridgehead atoms. The molecule has 2 rings (SSSR count). The van der Waals surface area contributed by atoms with Crippen molar-refractivity contribution in [1.82, 2.24) is 0 Å². The molecule has 0 saturated heterocycles. The monoisotopic (exact) mass is 314 g/mol. The lowest BCUT2D eigenvalue weighted by atomic mass is 9.65. The van der Waals surface area contributed by atoms with Crippen molar-refractivity contribution in [3.63, 3.8) is 0 Å². The lowest BCUT2D eigenvalue weighted by Crippen LogP contribution is -2.33. The summed E-state index contributed by atoms with van der Waals surface area (Å²) in [4.78, 5) is 11.2. The number of unbranched alkanes of at least 4 members (excludes halogenated alkanes) is 2. The number of carboxylic acid groups (broad SMARTS) is 1. The van der Waals surface area contributed by atoms with Gasteiger partial charge >= 0.3 is 5.97 Å². The summed E-state index contributed by atoms with van der Waals surface area (Å²) < 4.78 is 0. The summed E-state index contributed by atoms with van der Waals surface area (Å²) in [5.41, 5.74) is 1.30. The van der Waals surface area contributed by atoms with E-state index in [9.17, 15) is 15.0 Å². The molecule has 1 aromatic rings. The van der Waals surface area contributed by atoms with Crippen LogP contribution in [0.1, 0.15) is 51.5 Å². The van der Waals surface area contributed by atoms with Gasteiger partial charge < -0.3 is 10.2 Å². The van der Waals surface area contributed by atoms with Gasteiger partial charge in [-0.05, 0) is 36.5 Å². The van der Waals surface area contributed by atoms with Crippen molar-refractivity contribution in [2.24, 2.45) is 5.92 Å². The van der Waals surface area contributed by atoms with Crippen LogP contribution >= 0.6 is 0 Å². The highest BCUT2D eigenvalue weighted by molar-refractivity contribution is 5.90. The van der Waals surface area contributed by atoms with E-state index >= 15 is 0 Å². The molecule has 0 spiro atoms. The van der Waals surface area contributed by atoms with E-state index in [1.807, 2.05) is 18.2 Å². The highest BCUT2D eigenvalue weighted by Crippen LogP contribution is 2.43. The fourth-order valence-corrected chi connectivity index (χ4v) is 3.41. The summed E-state index contributed by atoms with van der Waals surface area (Å²) in [6.45, 7) is 4.44. The van der Waals surface area contributed by atoms with E-state index in [4.69, 9.17) is 0 Å². The third-order valence-electron chi connectivity index (χ3n) is 4.99. The van der Waals surface area contributed by atoms with Gasteiger partial charge in [-0.3, -0.25) is 0 Å².